The second-order valence-corrected chi connectivity index (χ2v) is 7.30. The molecule has 0 spiro atoms. The highest BCUT2D eigenvalue weighted by atomic mass is 16.6. The fraction of sp³-hybridized carbons (Fsp3) is 0.280. The Morgan fingerprint density at radius 2 is 1.71 bits per heavy atom. The lowest BCUT2D eigenvalue weighted by Crippen LogP contribution is -2.21. The second-order valence-electron chi connectivity index (χ2n) is 7.30. The Bertz CT molecular complexity index is 956. The third kappa shape index (κ3) is 8.97. The third-order valence-corrected chi connectivity index (χ3v) is 4.77. The average molecular weight is 471 g/mol. The van der Waals surface area contributed by atoms with E-state index in [2.05, 4.69) is 5.32 Å². The van der Waals surface area contributed by atoms with Crippen molar-refractivity contribution in [3.05, 3.63) is 78.4 Å². The molecule has 0 bridgehead atoms. The SMILES string of the molecule is COc1ccc(NC(=O)O[C@H](c2ccc(OCCO)cc2)[C@H](C)C/C=C/C=C/C(=O)NO)cc1. The number of carbonyl (C=O) groups excluding carboxylic acids is 2. The van der Waals surface area contributed by atoms with E-state index in [0.29, 0.717) is 23.6 Å². The van der Waals surface area contributed by atoms with Crippen molar-refractivity contribution in [1.29, 1.82) is 0 Å². The first-order valence-electron chi connectivity index (χ1n) is 10.7. The molecule has 0 radical (unpaired) electrons. The van der Waals surface area contributed by atoms with Crippen LogP contribution in [-0.4, -0.2) is 42.6 Å². The molecular formula is C25H30N2O7. The van der Waals surface area contributed by atoms with Gasteiger partial charge in [-0.1, -0.05) is 37.3 Å². The summed E-state index contributed by atoms with van der Waals surface area (Å²) in [5.41, 5.74) is 2.86. The number of ether oxygens (including phenoxy) is 3. The molecule has 34 heavy (non-hydrogen) atoms. The van der Waals surface area contributed by atoms with Gasteiger partial charge in [0.15, 0.2) is 0 Å². The van der Waals surface area contributed by atoms with E-state index in [1.165, 1.54) is 17.6 Å². The third-order valence-electron chi connectivity index (χ3n) is 4.77. The molecule has 2 atom stereocenters. The molecule has 0 heterocycles. The Morgan fingerprint density at radius 3 is 2.32 bits per heavy atom. The number of hydrogen-bond acceptors (Lipinski definition) is 7. The number of methoxy groups -OCH3 is 1. The zero-order chi connectivity index (χ0) is 24.8. The van der Waals surface area contributed by atoms with Crippen molar-refractivity contribution < 1.29 is 34.1 Å². The minimum Gasteiger partial charge on any atom is -0.497 e. The van der Waals surface area contributed by atoms with Crippen LogP contribution < -0.4 is 20.3 Å². The van der Waals surface area contributed by atoms with Crippen LogP contribution in [0.2, 0.25) is 0 Å². The number of rotatable bonds is 12. The van der Waals surface area contributed by atoms with Gasteiger partial charge in [0.1, 0.15) is 24.2 Å². The van der Waals surface area contributed by atoms with Crippen molar-refractivity contribution in [3.8, 4) is 11.5 Å². The molecule has 0 aliphatic heterocycles. The summed E-state index contributed by atoms with van der Waals surface area (Å²) in [6, 6.07) is 14.0. The Hall–Kier alpha value is -3.82. The number of nitrogens with one attached hydrogen (secondary N) is 2. The van der Waals surface area contributed by atoms with E-state index in [0.717, 1.165) is 5.56 Å². The fourth-order valence-electron chi connectivity index (χ4n) is 3.04. The Balaban J connectivity index is 2.11. The quantitative estimate of drug-likeness (QED) is 0.160. The molecule has 2 aromatic rings. The van der Waals surface area contributed by atoms with Crippen LogP contribution in [0.5, 0.6) is 11.5 Å². The standard InChI is InChI=1S/C25H30N2O7/c1-18(6-4-3-5-7-23(29)27-31)24(19-8-12-22(13-9-19)33-17-16-28)34-25(30)26-20-10-14-21(32-2)15-11-20/h3-5,7-15,18,24,28,31H,6,16-17H2,1-2H3,(H,26,30)(H,27,29)/b4-3+,7-5+/t18-,24+/m1/s1. The largest absolute Gasteiger partial charge is 0.497 e. The highest BCUT2D eigenvalue weighted by Gasteiger charge is 2.23. The zero-order valence-electron chi connectivity index (χ0n) is 19.1. The number of hydroxylamine groups is 1. The smallest absolute Gasteiger partial charge is 0.412 e. The molecule has 2 amide bonds. The number of amides is 2. The summed E-state index contributed by atoms with van der Waals surface area (Å²) in [5.74, 6) is 0.532. The highest BCUT2D eigenvalue weighted by Crippen LogP contribution is 2.31. The van der Waals surface area contributed by atoms with Crippen molar-refractivity contribution in [1.82, 2.24) is 5.48 Å². The normalized spacial score (nSPS) is 12.8. The Kier molecular flexibility index (Phi) is 11.2. The highest BCUT2D eigenvalue weighted by molar-refractivity contribution is 5.86. The van der Waals surface area contributed by atoms with Gasteiger partial charge >= 0.3 is 6.09 Å². The molecule has 0 unspecified atom stereocenters. The van der Waals surface area contributed by atoms with Crippen molar-refractivity contribution in [2.75, 3.05) is 25.6 Å². The van der Waals surface area contributed by atoms with Gasteiger partial charge in [0, 0.05) is 17.7 Å². The van der Waals surface area contributed by atoms with E-state index < -0.39 is 18.1 Å². The molecule has 2 rings (SSSR count). The number of aliphatic hydroxyl groups is 1. The first kappa shape index (κ1) is 26.4. The second kappa shape index (κ2) is 14.4. The molecule has 182 valence electrons. The van der Waals surface area contributed by atoms with Gasteiger partial charge in [-0.3, -0.25) is 15.3 Å². The molecular weight excluding hydrogens is 440 g/mol. The maximum absolute atomic E-state index is 12.6. The van der Waals surface area contributed by atoms with Crippen molar-refractivity contribution in [2.24, 2.45) is 5.92 Å². The van der Waals surface area contributed by atoms with Gasteiger partial charge < -0.3 is 19.3 Å². The summed E-state index contributed by atoms with van der Waals surface area (Å²) < 4.78 is 16.3. The van der Waals surface area contributed by atoms with Crippen LogP contribution in [-0.2, 0) is 9.53 Å². The molecule has 0 aliphatic rings. The monoisotopic (exact) mass is 470 g/mol. The predicted octanol–water partition coefficient (Wildman–Crippen LogP) is 4.00. The van der Waals surface area contributed by atoms with E-state index in [1.54, 1.807) is 49.6 Å². The molecule has 9 heteroatoms. The summed E-state index contributed by atoms with van der Waals surface area (Å²) in [4.78, 5) is 23.7. The van der Waals surface area contributed by atoms with E-state index in [1.807, 2.05) is 25.1 Å². The van der Waals surface area contributed by atoms with Crippen LogP contribution in [0.15, 0.2) is 72.8 Å². The Labute approximate surface area is 198 Å². The Morgan fingerprint density at radius 1 is 1.03 bits per heavy atom. The van der Waals surface area contributed by atoms with Crippen molar-refractivity contribution in [3.63, 3.8) is 0 Å². The lowest BCUT2D eigenvalue weighted by Gasteiger charge is -2.24. The van der Waals surface area contributed by atoms with Crippen molar-refractivity contribution >= 4 is 17.7 Å². The maximum Gasteiger partial charge on any atom is 0.412 e. The summed E-state index contributed by atoms with van der Waals surface area (Å²) in [5, 5.41) is 20.1. The van der Waals surface area contributed by atoms with Gasteiger partial charge in [-0.2, -0.15) is 0 Å². The van der Waals surface area contributed by atoms with Crippen LogP contribution in [0.3, 0.4) is 0 Å². The summed E-state index contributed by atoms with van der Waals surface area (Å²) in [6.07, 6.45) is 5.56. The van der Waals surface area contributed by atoms with Gasteiger partial charge in [0.2, 0.25) is 0 Å². The van der Waals surface area contributed by atoms with Gasteiger partial charge in [-0.25, -0.2) is 10.3 Å². The fourth-order valence-corrected chi connectivity index (χ4v) is 3.04. The number of aliphatic hydroxyl groups excluding tert-OH is 1. The number of hydrogen-bond donors (Lipinski definition) is 4. The van der Waals surface area contributed by atoms with Gasteiger partial charge in [0.25, 0.3) is 5.91 Å². The molecule has 0 fully saturated rings. The topological polar surface area (TPSA) is 126 Å². The van der Waals surface area contributed by atoms with Gasteiger partial charge in [-0.05, 0) is 48.4 Å². The van der Waals surface area contributed by atoms with Crippen LogP contribution >= 0.6 is 0 Å². The van der Waals surface area contributed by atoms with E-state index in [-0.39, 0.29) is 19.1 Å². The summed E-state index contributed by atoms with van der Waals surface area (Å²) in [7, 11) is 1.56. The lowest BCUT2D eigenvalue weighted by atomic mass is 9.94. The maximum atomic E-state index is 12.6. The number of benzene rings is 2. The van der Waals surface area contributed by atoms with Crippen LogP contribution in [0.25, 0.3) is 0 Å². The van der Waals surface area contributed by atoms with E-state index in [9.17, 15) is 9.59 Å². The summed E-state index contributed by atoms with van der Waals surface area (Å²) in [6.45, 7) is 2.04. The molecule has 2 aromatic carbocycles. The molecule has 0 saturated carbocycles. The van der Waals surface area contributed by atoms with Gasteiger partial charge in [0.05, 0.1) is 13.7 Å². The summed E-state index contributed by atoms with van der Waals surface area (Å²) >= 11 is 0. The molecule has 9 nitrogen and oxygen atoms in total. The molecule has 0 aliphatic carbocycles. The molecule has 4 N–H and O–H groups in total. The minimum absolute atomic E-state index is 0.0865. The first-order valence-corrected chi connectivity index (χ1v) is 10.7. The molecule has 0 saturated heterocycles. The van der Waals surface area contributed by atoms with E-state index in [4.69, 9.17) is 24.5 Å². The lowest BCUT2D eigenvalue weighted by molar-refractivity contribution is -0.124. The predicted molar refractivity (Wildman–Crippen MR) is 127 cm³/mol. The number of allylic oxidation sites excluding steroid dienone is 3. The number of anilines is 1. The van der Waals surface area contributed by atoms with E-state index >= 15 is 0 Å². The van der Waals surface area contributed by atoms with Crippen LogP contribution in [0.4, 0.5) is 10.5 Å². The minimum atomic E-state index is -0.627. The van der Waals surface area contributed by atoms with Crippen LogP contribution in [0, 0.1) is 5.92 Å². The zero-order valence-corrected chi connectivity index (χ0v) is 19.1. The average Bonchev–Trinajstić information content (AvgIpc) is 2.86. The van der Waals surface area contributed by atoms with Gasteiger partial charge in [-0.15, -0.1) is 0 Å². The number of carbonyl (C=O) groups is 2. The first-order chi connectivity index (χ1) is 16.5. The van der Waals surface area contributed by atoms with Crippen LogP contribution in [0.1, 0.15) is 25.0 Å². The molecule has 0 aromatic heterocycles. The van der Waals surface area contributed by atoms with Crippen molar-refractivity contribution in [2.45, 2.75) is 19.4 Å².